The Morgan fingerprint density at radius 3 is 2.35 bits per heavy atom. The third kappa shape index (κ3) is 11.9. The lowest BCUT2D eigenvalue weighted by Gasteiger charge is -2.08. The number of unbranched alkanes of at least 4 members (excludes halogenated alkanes) is 1. The molecule has 0 amide bonds. The second kappa shape index (κ2) is 13.2. The number of carbonyl (C=O) groups is 2. The molecule has 1 rings (SSSR count). The summed E-state index contributed by atoms with van der Waals surface area (Å²) in [5.41, 5.74) is 0. The van der Waals surface area contributed by atoms with Crippen LogP contribution in [0.5, 0.6) is 5.75 Å². The Morgan fingerprint density at radius 1 is 1.22 bits per heavy atom. The highest BCUT2D eigenvalue weighted by molar-refractivity contribution is 9.10. The first-order valence-corrected chi connectivity index (χ1v) is 8.30. The Balaban J connectivity index is 0.000000688. The zero-order valence-electron chi connectivity index (χ0n) is 12.8. The van der Waals surface area contributed by atoms with Crippen molar-refractivity contribution in [2.24, 2.45) is 0 Å². The van der Waals surface area contributed by atoms with Gasteiger partial charge in [0.1, 0.15) is 5.75 Å². The first-order valence-electron chi connectivity index (χ1n) is 7.13. The average molecular weight is 411 g/mol. The number of hydrogen-bond donors (Lipinski definition) is 3. The monoisotopic (exact) mass is 409 g/mol. The number of halogens is 2. The quantitative estimate of drug-likeness (QED) is 0.449. The van der Waals surface area contributed by atoms with E-state index in [-0.39, 0.29) is 0 Å². The van der Waals surface area contributed by atoms with E-state index in [4.69, 9.17) is 36.1 Å². The molecule has 1 aromatic carbocycles. The van der Waals surface area contributed by atoms with E-state index in [2.05, 4.69) is 28.2 Å². The largest absolute Gasteiger partial charge is 0.492 e. The fourth-order valence-corrected chi connectivity index (χ4v) is 2.20. The maximum Gasteiger partial charge on any atom is 0.414 e. The molecule has 0 spiro atoms. The molecule has 0 radical (unpaired) electrons. The van der Waals surface area contributed by atoms with Crippen molar-refractivity contribution in [1.29, 1.82) is 0 Å². The van der Waals surface area contributed by atoms with Gasteiger partial charge < -0.3 is 20.3 Å². The van der Waals surface area contributed by atoms with Gasteiger partial charge in [0, 0.05) is 5.02 Å². The van der Waals surface area contributed by atoms with Gasteiger partial charge in [-0.1, -0.05) is 24.9 Å². The maximum atomic E-state index is 9.10. The molecular formula is C15H21BrClNO5. The van der Waals surface area contributed by atoms with Gasteiger partial charge in [0.05, 0.1) is 11.1 Å². The smallest absolute Gasteiger partial charge is 0.414 e. The van der Waals surface area contributed by atoms with Gasteiger partial charge in [-0.25, -0.2) is 9.59 Å². The number of ether oxygens (including phenoxy) is 1. The summed E-state index contributed by atoms with van der Waals surface area (Å²) in [5, 5.41) is 18.9. The van der Waals surface area contributed by atoms with Gasteiger partial charge in [0.2, 0.25) is 0 Å². The zero-order valence-corrected chi connectivity index (χ0v) is 15.2. The third-order valence-corrected chi connectivity index (χ3v) is 3.39. The molecule has 0 atom stereocenters. The van der Waals surface area contributed by atoms with E-state index in [1.54, 1.807) is 0 Å². The number of nitrogens with one attached hydrogen (secondary N) is 1. The van der Waals surface area contributed by atoms with Crippen LogP contribution in [-0.2, 0) is 9.59 Å². The van der Waals surface area contributed by atoms with Crippen molar-refractivity contribution in [2.75, 3.05) is 19.7 Å². The normalized spacial score (nSPS) is 9.70. The van der Waals surface area contributed by atoms with Crippen molar-refractivity contribution >= 4 is 39.5 Å². The third-order valence-electron chi connectivity index (χ3n) is 2.54. The van der Waals surface area contributed by atoms with E-state index >= 15 is 0 Å². The first-order chi connectivity index (χ1) is 10.9. The van der Waals surface area contributed by atoms with Gasteiger partial charge in [-0.2, -0.15) is 0 Å². The molecule has 6 nitrogen and oxygen atoms in total. The molecule has 0 bridgehead atoms. The standard InChI is InChI=1S/C13H19BrClNO.C2H2O4/c1-2-3-7-16-8-4-9-17-13-6-5-11(15)10-12(13)14;3-1(4)2(5)6/h5-6,10,16H,2-4,7-9H2,1H3;(H,3,4)(H,5,6). The van der Waals surface area contributed by atoms with E-state index in [1.165, 1.54) is 12.8 Å². The fourth-order valence-electron chi connectivity index (χ4n) is 1.40. The highest BCUT2D eigenvalue weighted by Gasteiger charge is 2.04. The molecule has 0 saturated heterocycles. The van der Waals surface area contributed by atoms with Gasteiger partial charge in [0.25, 0.3) is 0 Å². The number of carboxylic acids is 2. The van der Waals surface area contributed by atoms with Crippen molar-refractivity contribution in [3.8, 4) is 5.75 Å². The summed E-state index contributed by atoms with van der Waals surface area (Å²) in [6, 6.07) is 5.56. The molecule has 0 fully saturated rings. The minimum absolute atomic E-state index is 0.713. The number of benzene rings is 1. The van der Waals surface area contributed by atoms with Crippen molar-refractivity contribution in [2.45, 2.75) is 26.2 Å². The van der Waals surface area contributed by atoms with E-state index < -0.39 is 11.9 Å². The summed E-state index contributed by atoms with van der Waals surface area (Å²) in [4.78, 5) is 18.2. The van der Waals surface area contributed by atoms with E-state index in [0.29, 0.717) is 5.02 Å². The predicted molar refractivity (Wildman–Crippen MR) is 92.3 cm³/mol. The Morgan fingerprint density at radius 2 is 1.83 bits per heavy atom. The highest BCUT2D eigenvalue weighted by Crippen LogP contribution is 2.27. The molecule has 0 unspecified atom stereocenters. The van der Waals surface area contributed by atoms with Crippen LogP contribution in [0, 0.1) is 0 Å². The first kappa shape index (κ1) is 21.7. The molecule has 0 heterocycles. The number of rotatable bonds is 8. The van der Waals surface area contributed by atoms with Gasteiger partial charge in [-0.15, -0.1) is 0 Å². The summed E-state index contributed by atoms with van der Waals surface area (Å²) in [6.45, 7) is 5.02. The van der Waals surface area contributed by atoms with Crippen LogP contribution in [0.25, 0.3) is 0 Å². The molecular weight excluding hydrogens is 390 g/mol. The molecule has 0 aromatic heterocycles. The average Bonchev–Trinajstić information content (AvgIpc) is 2.48. The SMILES string of the molecule is CCCCNCCCOc1ccc(Cl)cc1Br.O=C(O)C(=O)O. The molecule has 0 aliphatic carbocycles. The molecule has 8 heteroatoms. The van der Waals surface area contributed by atoms with Crippen LogP contribution < -0.4 is 10.1 Å². The van der Waals surface area contributed by atoms with E-state index in [9.17, 15) is 0 Å². The molecule has 0 aliphatic rings. The second-order valence-corrected chi connectivity index (χ2v) is 5.78. The van der Waals surface area contributed by atoms with Crippen molar-refractivity contribution < 1.29 is 24.5 Å². The van der Waals surface area contributed by atoms with Crippen molar-refractivity contribution in [3.05, 3.63) is 27.7 Å². The van der Waals surface area contributed by atoms with Crippen LogP contribution in [0.3, 0.4) is 0 Å². The molecule has 0 aliphatic heterocycles. The van der Waals surface area contributed by atoms with Gasteiger partial charge >= 0.3 is 11.9 Å². The summed E-state index contributed by atoms with van der Waals surface area (Å²) in [5.74, 6) is -2.80. The van der Waals surface area contributed by atoms with E-state index in [0.717, 1.165) is 36.3 Å². The summed E-state index contributed by atoms with van der Waals surface area (Å²) in [7, 11) is 0. The Labute approximate surface area is 148 Å². The zero-order chi connectivity index (χ0) is 17.7. The topological polar surface area (TPSA) is 95.9 Å². The second-order valence-electron chi connectivity index (χ2n) is 4.49. The highest BCUT2D eigenvalue weighted by atomic mass is 79.9. The predicted octanol–water partition coefficient (Wildman–Crippen LogP) is 3.42. The lowest BCUT2D eigenvalue weighted by molar-refractivity contribution is -0.159. The van der Waals surface area contributed by atoms with E-state index in [1.807, 2.05) is 18.2 Å². The summed E-state index contributed by atoms with van der Waals surface area (Å²) >= 11 is 9.28. The van der Waals surface area contributed by atoms with Crippen LogP contribution >= 0.6 is 27.5 Å². The van der Waals surface area contributed by atoms with Crippen LogP contribution in [0.2, 0.25) is 5.02 Å². The van der Waals surface area contributed by atoms with Crippen LogP contribution in [-0.4, -0.2) is 41.8 Å². The molecule has 0 saturated carbocycles. The molecule has 1 aromatic rings. The van der Waals surface area contributed by atoms with Gasteiger partial charge in [-0.05, 0) is 60.1 Å². The molecule has 3 N–H and O–H groups in total. The maximum absolute atomic E-state index is 9.10. The van der Waals surface area contributed by atoms with Crippen LogP contribution in [0.1, 0.15) is 26.2 Å². The minimum atomic E-state index is -1.82. The van der Waals surface area contributed by atoms with Crippen LogP contribution in [0.15, 0.2) is 22.7 Å². The van der Waals surface area contributed by atoms with Gasteiger partial charge in [-0.3, -0.25) is 0 Å². The number of carboxylic acid groups (broad SMARTS) is 2. The molecule has 130 valence electrons. The van der Waals surface area contributed by atoms with Crippen molar-refractivity contribution in [1.82, 2.24) is 5.32 Å². The van der Waals surface area contributed by atoms with Gasteiger partial charge in [0.15, 0.2) is 0 Å². The fraction of sp³-hybridized carbons (Fsp3) is 0.467. The molecule has 23 heavy (non-hydrogen) atoms. The summed E-state index contributed by atoms with van der Waals surface area (Å²) < 4.78 is 6.56. The summed E-state index contributed by atoms with van der Waals surface area (Å²) in [6.07, 6.45) is 3.49. The van der Waals surface area contributed by atoms with Crippen LogP contribution in [0.4, 0.5) is 0 Å². The number of aliphatic carboxylic acids is 2. The van der Waals surface area contributed by atoms with Crippen molar-refractivity contribution in [3.63, 3.8) is 0 Å². The lowest BCUT2D eigenvalue weighted by Crippen LogP contribution is -2.18. The number of hydrogen-bond acceptors (Lipinski definition) is 4. The minimum Gasteiger partial charge on any atom is -0.492 e. The Hall–Kier alpha value is -1.31. The lowest BCUT2D eigenvalue weighted by atomic mass is 10.3. The Bertz CT molecular complexity index is 487. The Kier molecular flexibility index (Phi) is 12.4.